The molecule has 3 aromatic carbocycles. The Kier molecular flexibility index (Phi) is 6.86. The van der Waals surface area contributed by atoms with Gasteiger partial charge in [0.05, 0.1) is 11.6 Å². The van der Waals surface area contributed by atoms with Crippen molar-refractivity contribution in [3.05, 3.63) is 89.5 Å². The Morgan fingerprint density at radius 1 is 1.03 bits per heavy atom. The molecule has 1 atom stereocenters. The zero-order valence-electron chi connectivity index (χ0n) is 17.0. The first-order valence-electron chi connectivity index (χ1n) is 9.64. The zero-order chi connectivity index (χ0) is 22.2. The van der Waals surface area contributed by atoms with Crippen molar-refractivity contribution in [1.29, 1.82) is 5.26 Å². The predicted octanol–water partition coefficient (Wildman–Crippen LogP) is 3.68. The summed E-state index contributed by atoms with van der Waals surface area (Å²) in [6, 6.07) is 22.5. The van der Waals surface area contributed by atoms with E-state index in [0.717, 1.165) is 11.3 Å². The first-order valence-corrected chi connectivity index (χ1v) is 9.64. The van der Waals surface area contributed by atoms with Crippen LogP contribution in [0, 0.1) is 11.3 Å². The fraction of sp³-hybridized carbons (Fsp3) is 0.125. The summed E-state index contributed by atoms with van der Waals surface area (Å²) in [7, 11) is 0. The van der Waals surface area contributed by atoms with Crippen LogP contribution in [0.1, 0.15) is 28.4 Å². The lowest BCUT2D eigenvalue weighted by Gasteiger charge is -2.16. The number of carbonyl (C=O) groups excluding carboxylic acids is 2. The lowest BCUT2D eigenvalue weighted by atomic mass is 10.1. The molecule has 0 radical (unpaired) electrons. The molecule has 3 rings (SSSR count). The van der Waals surface area contributed by atoms with Crippen LogP contribution in [0.5, 0.6) is 5.75 Å². The Morgan fingerprint density at radius 2 is 1.71 bits per heavy atom. The van der Waals surface area contributed by atoms with Gasteiger partial charge in [-0.1, -0.05) is 12.1 Å². The molecule has 0 aliphatic heterocycles. The fourth-order valence-electron chi connectivity index (χ4n) is 2.83. The molecule has 0 saturated heterocycles. The van der Waals surface area contributed by atoms with Crippen LogP contribution in [0.25, 0.3) is 0 Å². The minimum Gasteiger partial charge on any atom is -0.489 e. The first-order chi connectivity index (χ1) is 14.9. The average molecular weight is 414 g/mol. The predicted molar refractivity (Wildman–Crippen MR) is 119 cm³/mol. The standard InChI is InChI=1S/C24H22N4O3/c1-16(24(30)28-21-7-5-19(6-8-21)23(26)29)27-20-9-11-22(12-10-20)31-15-18-4-2-3-17(13-18)14-25/h2-13,16,27H,15H2,1H3,(H2,26,29)(H,28,30). The van der Waals surface area contributed by atoms with Gasteiger partial charge in [0.1, 0.15) is 18.4 Å². The third-order valence-electron chi connectivity index (χ3n) is 4.53. The van der Waals surface area contributed by atoms with Crippen LogP contribution in [-0.4, -0.2) is 17.9 Å². The van der Waals surface area contributed by atoms with Gasteiger partial charge in [-0.15, -0.1) is 0 Å². The number of primary amides is 1. The number of rotatable bonds is 8. The Bertz CT molecular complexity index is 1100. The highest BCUT2D eigenvalue weighted by molar-refractivity contribution is 5.97. The van der Waals surface area contributed by atoms with E-state index in [2.05, 4.69) is 16.7 Å². The van der Waals surface area contributed by atoms with E-state index in [4.69, 9.17) is 15.7 Å². The number of nitrogens with zero attached hydrogens (tertiary/aromatic N) is 1. The summed E-state index contributed by atoms with van der Waals surface area (Å²) < 4.78 is 5.76. The van der Waals surface area contributed by atoms with Gasteiger partial charge < -0.3 is 21.1 Å². The molecule has 0 spiro atoms. The molecule has 0 bridgehead atoms. The molecule has 7 nitrogen and oxygen atoms in total. The molecule has 1 unspecified atom stereocenters. The van der Waals surface area contributed by atoms with Crippen LogP contribution < -0.4 is 21.1 Å². The maximum absolute atomic E-state index is 12.4. The number of benzene rings is 3. The Hall–Kier alpha value is -4.31. The van der Waals surface area contributed by atoms with E-state index in [0.29, 0.717) is 29.2 Å². The van der Waals surface area contributed by atoms with E-state index in [-0.39, 0.29) is 5.91 Å². The van der Waals surface area contributed by atoms with Crippen LogP contribution >= 0.6 is 0 Å². The van der Waals surface area contributed by atoms with Crippen molar-refractivity contribution in [1.82, 2.24) is 0 Å². The summed E-state index contributed by atoms with van der Waals surface area (Å²) >= 11 is 0. The Labute approximate surface area is 180 Å². The molecule has 0 aliphatic rings. The first kappa shape index (κ1) is 21.4. The van der Waals surface area contributed by atoms with Crippen molar-refractivity contribution >= 4 is 23.2 Å². The van der Waals surface area contributed by atoms with E-state index in [1.165, 1.54) is 0 Å². The SMILES string of the molecule is CC(Nc1ccc(OCc2cccc(C#N)c2)cc1)C(=O)Nc1ccc(C(N)=O)cc1. The normalized spacial score (nSPS) is 11.1. The van der Waals surface area contributed by atoms with Crippen LogP contribution in [0.4, 0.5) is 11.4 Å². The Morgan fingerprint density at radius 3 is 2.35 bits per heavy atom. The lowest BCUT2D eigenvalue weighted by Crippen LogP contribution is -2.31. The summed E-state index contributed by atoms with van der Waals surface area (Å²) in [5.74, 6) is -0.0555. The van der Waals surface area contributed by atoms with E-state index in [1.54, 1.807) is 43.3 Å². The maximum atomic E-state index is 12.4. The number of nitrogens with two attached hydrogens (primary N) is 1. The highest BCUT2D eigenvalue weighted by Crippen LogP contribution is 2.18. The van der Waals surface area contributed by atoms with Gasteiger partial charge in [-0.2, -0.15) is 5.26 Å². The molecule has 0 saturated carbocycles. The molecule has 0 heterocycles. The van der Waals surface area contributed by atoms with Crippen LogP contribution in [-0.2, 0) is 11.4 Å². The van der Waals surface area contributed by atoms with Gasteiger partial charge in [0, 0.05) is 16.9 Å². The fourth-order valence-corrected chi connectivity index (χ4v) is 2.83. The third-order valence-corrected chi connectivity index (χ3v) is 4.53. The van der Waals surface area contributed by atoms with Gasteiger partial charge in [0.2, 0.25) is 11.8 Å². The molecule has 3 aromatic rings. The van der Waals surface area contributed by atoms with Crippen molar-refractivity contribution in [2.45, 2.75) is 19.6 Å². The molecule has 4 N–H and O–H groups in total. The second-order valence-corrected chi connectivity index (χ2v) is 6.92. The molecular formula is C24H22N4O3. The van der Waals surface area contributed by atoms with Gasteiger partial charge in [0.15, 0.2) is 0 Å². The van der Waals surface area contributed by atoms with Gasteiger partial charge in [0.25, 0.3) is 0 Å². The number of anilines is 2. The van der Waals surface area contributed by atoms with Crippen molar-refractivity contribution in [3.8, 4) is 11.8 Å². The van der Waals surface area contributed by atoms with Gasteiger partial charge in [-0.25, -0.2) is 0 Å². The average Bonchev–Trinajstić information content (AvgIpc) is 2.79. The van der Waals surface area contributed by atoms with Gasteiger partial charge in [-0.3, -0.25) is 9.59 Å². The van der Waals surface area contributed by atoms with E-state index in [1.807, 2.05) is 36.4 Å². The summed E-state index contributed by atoms with van der Waals surface area (Å²) in [6.45, 7) is 2.11. The van der Waals surface area contributed by atoms with Crippen molar-refractivity contribution in [2.75, 3.05) is 10.6 Å². The lowest BCUT2D eigenvalue weighted by molar-refractivity contribution is -0.116. The second kappa shape index (κ2) is 9.94. The molecule has 156 valence electrons. The van der Waals surface area contributed by atoms with E-state index < -0.39 is 11.9 Å². The van der Waals surface area contributed by atoms with Gasteiger partial charge >= 0.3 is 0 Å². The summed E-state index contributed by atoms with van der Waals surface area (Å²) in [5, 5.41) is 14.9. The molecule has 0 fully saturated rings. The Balaban J connectivity index is 1.51. The number of nitriles is 1. The highest BCUT2D eigenvalue weighted by Gasteiger charge is 2.13. The number of ether oxygens (including phenoxy) is 1. The molecule has 0 aliphatic carbocycles. The molecular weight excluding hydrogens is 392 g/mol. The smallest absolute Gasteiger partial charge is 0.248 e. The quantitative estimate of drug-likeness (QED) is 0.520. The van der Waals surface area contributed by atoms with Crippen LogP contribution in [0.2, 0.25) is 0 Å². The molecule has 2 amide bonds. The van der Waals surface area contributed by atoms with Crippen LogP contribution in [0.3, 0.4) is 0 Å². The van der Waals surface area contributed by atoms with Crippen molar-refractivity contribution < 1.29 is 14.3 Å². The number of nitrogens with one attached hydrogen (secondary N) is 2. The largest absolute Gasteiger partial charge is 0.489 e. The minimum atomic E-state index is -0.518. The second-order valence-electron chi connectivity index (χ2n) is 6.92. The van der Waals surface area contributed by atoms with Crippen LogP contribution in [0.15, 0.2) is 72.8 Å². The summed E-state index contributed by atoms with van der Waals surface area (Å²) in [6.07, 6.45) is 0. The number of amides is 2. The maximum Gasteiger partial charge on any atom is 0.248 e. The molecule has 0 aromatic heterocycles. The molecule has 31 heavy (non-hydrogen) atoms. The summed E-state index contributed by atoms with van der Waals surface area (Å²) in [4.78, 5) is 23.5. The highest BCUT2D eigenvalue weighted by atomic mass is 16.5. The topological polar surface area (TPSA) is 117 Å². The third kappa shape index (κ3) is 6.08. The molecule has 7 heteroatoms. The minimum absolute atomic E-state index is 0.218. The van der Waals surface area contributed by atoms with E-state index in [9.17, 15) is 9.59 Å². The summed E-state index contributed by atoms with van der Waals surface area (Å²) in [5.41, 5.74) is 8.44. The zero-order valence-corrected chi connectivity index (χ0v) is 17.0. The monoisotopic (exact) mass is 414 g/mol. The van der Waals surface area contributed by atoms with Gasteiger partial charge in [-0.05, 0) is 73.2 Å². The van der Waals surface area contributed by atoms with Crippen molar-refractivity contribution in [2.24, 2.45) is 5.73 Å². The number of hydrogen-bond acceptors (Lipinski definition) is 5. The van der Waals surface area contributed by atoms with E-state index >= 15 is 0 Å². The number of carbonyl (C=O) groups is 2. The number of hydrogen-bond donors (Lipinski definition) is 3. The van der Waals surface area contributed by atoms with Crippen molar-refractivity contribution in [3.63, 3.8) is 0 Å².